The molecule has 0 unspecified atom stereocenters. The lowest BCUT2D eigenvalue weighted by Crippen LogP contribution is -2.30. The van der Waals surface area contributed by atoms with Crippen molar-refractivity contribution in [3.63, 3.8) is 0 Å². The molecular formula is C21H21N3O3. The molecule has 1 atom stereocenters. The van der Waals surface area contributed by atoms with Gasteiger partial charge in [-0.2, -0.15) is 5.10 Å². The van der Waals surface area contributed by atoms with E-state index in [0.717, 1.165) is 34.6 Å². The summed E-state index contributed by atoms with van der Waals surface area (Å²) in [5.74, 6) is 0.926. The highest BCUT2D eigenvalue weighted by atomic mass is 16.5. The molecule has 0 bridgehead atoms. The lowest BCUT2D eigenvalue weighted by molar-refractivity contribution is 0.0744. The molecule has 138 valence electrons. The average molecular weight is 363 g/mol. The third-order valence-electron chi connectivity index (χ3n) is 4.90. The van der Waals surface area contributed by atoms with E-state index in [1.807, 2.05) is 41.3 Å². The SMILES string of the molecule is CCCN1C(=O)c2[nH]nc(-c3ccc(OC)cc3)c2[C@H]1c1ccc(O)cc1. The van der Waals surface area contributed by atoms with Crippen molar-refractivity contribution in [2.24, 2.45) is 0 Å². The van der Waals surface area contributed by atoms with Crippen molar-refractivity contribution >= 4 is 5.91 Å². The highest BCUT2D eigenvalue weighted by Gasteiger charge is 2.41. The van der Waals surface area contributed by atoms with Gasteiger partial charge in [-0.1, -0.05) is 19.1 Å². The number of hydrogen-bond acceptors (Lipinski definition) is 4. The van der Waals surface area contributed by atoms with E-state index in [9.17, 15) is 9.90 Å². The zero-order chi connectivity index (χ0) is 19.0. The maximum absolute atomic E-state index is 13.0. The second-order valence-corrected chi connectivity index (χ2v) is 6.58. The Balaban J connectivity index is 1.85. The Morgan fingerprint density at radius 3 is 2.48 bits per heavy atom. The second kappa shape index (κ2) is 6.79. The number of phenolic OH excluding ortho intramolecular Hbond substituents is 1. The number of phenols is 1. The molecule has 3 aromatic rings. The standard InChI is InChI=1S/C21H21N3O3/c1-3-12-24-20(14-4-8-15(25)9-5-14)17-18(22-23-19(17)21(24)26)13-6-10-16(27-2)11-7-13/h4-11,20,25H,3,12H2,1-2H3,(H,22,23)/t20-/m1/s1. The van der Waals surface area contributed by atoms with E-state index in [2.05, 4.69) is 17.1 Å². The fourth-order valence-electron chi connectivity index (χ4n) is 3.64. The molecule has 6 heteroatoms. The number of hydrogen-bond donors (Lipinski definition) is 2. The van der Waals surface area contributed by atoms with Crippen LogP contribution in [0.15, 0.2) is 48.5 Å². The first-order valence-corrected chi connectivity index (χ1v) is 8.96. The quantitative estimate of drug-likeness (QED) is 0.724. The van der Waals surface area contributed by atoms with Gasteiger partial charge in [0.15, 0.2) is 0 Å². The smallest absolute Gasteiger partial charge is 0.273 e. The molecule has 0 fully saturated rings. The van der Waals surface area contributed by atoms with Gasteiger partial charge in [-0.05, 0) is 48.4 Å². The van der Waals surface area contributed by atoms with Crippen LogP contribution in [0.1, 0.15) is 41.0 Å². The van der Waals surface area contributed by atoms with Gasteiger partial charge in [0.1, 0.15) is 17.2 Å². The minimum absolute atomic E-state index is 0.0443. The molecule has 2 N–H and O–H groups in total. The summed E-state index contributed by atoms with van der Waals surface area (Å²) < 4.78 is 5.23. The summed E-state index contributed by atoms with van der Waals surface area (Å²) in [7, 11) is 1.63. The zero-order valence-electron chi connectivity index (χ0n) is 15.3. The number of methoxy groups -OCH3 is 1. The van der Waals surface area contributed by atoms with E-state index < -0.39 is 0 Å². The van der Waals surface area contributed by atoms with Crippen molar-refractivity contribution in [2.75, 3.05) is 13.7 Å². The molecule has 1 amide bonds. The Hall–Kier alpha value is -3.28. The van der Waals surface area contributed by atoms with Crippen LogP contribution < -0.4 is 4.74 Å². The molecule has 0 spiro atoms. The van der Waals surface area contributed by atoms with E-state index in [0.29, 0.717) is 12.2 Å². The number of nitrogens with zero attached hydrogens (tertiary/aromatic N) is 2. The van der Waals surface area contributed by atoms with Crippen molar-refractivity contribution in [1.82, 2.24) is 15.1 Å². The number of nitrogens with one attached hydrogen (secondary N) is 1. The first-order chi connectivity index (χ1) is 13.1. The molecule has 1 aliphatic heterocycles. The Bertz CT molecular complexity index is 961. The van der Waals surface area contributed by atoms with Gasteiger partial charge in [0.2, 0.25) is 0 Å². The van der Waals surface area contributed by atoms with E-state index >= 15 is 0 Å². The molecule has 4 rings (SSSR count). The van der Waals surface area contributed by atoms with Crippen LogP contribution in [-0.4, -0.2) is 39.8 Å². The number of fused-ring (bicyclic) bond motifs is 1. The summed E-state index contributed by atoms with van der Waals surface area (Å²) in [4.78, 5) is 14.8. The van der Waals surface area contributed by atoms with Crippen molar-refractivity contribution < 1.29 is 14.6 Å². The number of aromatic nitrogens is 2. The molecule has 0 aliphatic carbocycles. The average Bonchev–Trinajstić information content (AvgIpc) is 3.23. The fourth-order valence-corrected chi connectivity index (χ4v) is 3.64. The van der Waals surface area contributed by atoms with Crippen LogP contribution in [0, 0.1) is 0 Å². The highest BCUT2D eigenvalue weighted by molar-refractivity contribution is 6.00. The van der Waals surface area contributed by atoms with Gasteiger partial charge in [0.25, 0.3) is 5.91 Å². The molecule has 0 radical (unpaired) electrons. The second-order valence-electron chi connectivity index (χ2n) is 6.58. The van der Waals surface area contributed by atoms with Crippen LogP contribution >= 0.6 is 0 Å². The molecule has 27 heavy (non-hydrogen) atoms. The summed E-state index contributed by atoms with van der Waals surface area (Å²) >= 11 is 0. The van der Waals surface area contributed by atoms with Gasteiger partial charge >= 0.3 is 0 Å². The van der Waals surface area contributed by atoms with Crippen molar-refractivity contribution in [1.29, 1.82) is 0 Å². The molecule has 2 heterocycles. The molecule has 1 aromatic heterocycles. The van der Waals surface area contributed by atoms with Gasteiger partial charge < -0.3 is 14.7 Å². The summed E-state index contributed by atoms with van der Waals surface area (Å²) in [6.45, 7) is 2.70. The van der Waals surface area contributed by atoms with Gasteiger partial charge in [-0.3, -0.25) is 9.89 Å². The zero-order valence-corrected chi connectivity index (χ0v) is 15.3. The largest absolute Gasteiger partial charge is 0.508 e. The number of amides is 1. The number of aromatic hydroxyl groups is 1. The molecule has 0 saturated carbocycles. The minimum atomic E-state index is -0.232. The summed E-state index contributed by atoms with van der Waals surface area (Å²) in [6.07, 6.45) is 0.857. The summed E-state index contributed by atoms with van der Waals surface area (Å²) in [5, 5.41) is 17.0. The van der Waals surface area contributed by atoms with Crippen LogP contribution in [0.4, 0.5) is 0 Å². The molecule has 1 aliphatic rings. The monoisotopic (exact) mass is 363 g/mol. The lowest BCUT2D eigenvalue weighted by atomic mass is 9.96. The van der Waals surface area contributed by atoms with Crippen LogP contribution in [-0.2, 0) is 0 Å². The first kappa shape index (κ1) is 17.1. The fraction of sp³-hybridized carbons (Fsp3) is 0.238. The highest BCUT2D eigenvalue weighted by Crippen LogP contribution is 2.43. The Morgan fingerprint density at radius 1 is 1.15 bits per heavy atom. The molecule has 2 aromatic carbocycles. The number of rotatable bonds is 5. The Kier molecular flexibility index (Phi) is 4.32. The van der Waals surface area contributed by atoms with Crippen molar-refractivity contribution in [2.45, 2.75) is 19.4 Å². The van der Waals surface area contributed by atoms with Crippen molar-refractivity contribution in [3.8, 4) is 22.8 Å². The number of aromatic amines is 1. The number of carbonyl (C=O) groups excluding carboxylic acids is 1. The van der Waals surface area contributed by atoms with E-state index in [4.69, 9.17) is 4.74 Å². The van der Waals surface area contributed by atoms with Crippen LogP contribution in [0.2, 0.25) is 0 Å². The minimum Gasteiger partial charge on any atom is -0.508 e. The summed E-state index contributed by atoms with van der Waals surface area (Å²) in [6, 6.07) is 14.4. The third kappa shape index (κ3) is 2.83. The number of H-pyrrole nitrogens is 1. The van der Waals surface area contributed by atoms with Gasteiger partial charge in [0, 0.05) is 17.7 Å². The van der Waals surface area contributed by atoms with E-state index in [1.54, 1.807) is 19.2 Å². The normalized spacial score (nSPS) is 15.9. The maximum atomic E-state index is 13.0. The molecular weight excluding hydrogens is 342 g/mol. The predicted octanol–water partition coefficient (Wildman–Crippen LogP) is 3.75. The van der Waals surface area contributed by atoms with Crippen LogP contribution in [0.5, 0.6) is 11.5 Å². The van der Waals surface area contributed by atoms with Gasteiger partial charge in [-0.25, -0.2) is 0 Å². The number of benzene rings is 2. The van der Waals surface area contributed by atoms with E-state index in [1.165, 1.54) is 0 Å². The number of ether oxygens (including phenoxy) is 1. The van der Waals surface area contributed by atoms with Crippen LogP contribution in [0.3, 0.4) is 0 Å². The predicted molar refractivity (Wildman–Crippen MR) is 102 cm³/mol. The summed E-state index contributed by atoms with van der Waals surface area (Å²) in [5.41, 5.74) is 4.04. The van der Waals surface area contributed by atoms with Crippen LogP contribution in [0.25, 0.3) is 11.3 Å². The molecule has 6 nitrogen and oxygen atoms in total. The maximum Gasteiger partial charge on any atom is 0.273 e. The van der Waals surface area contributed by atoms with Gasteiger partial charge in [0.05, 0.1) is 18.8 Å². The van der Waals surface area contributed by atoms with E-state index in [-0.39, 0.29) is 17.7 Å². The lowest BCUT2D eigenvalue weighted by Gasteiger charge is -2.26. The Morgan fingerprint density at radius 2 is 1.85 bits per heavy atom. The topological polar surface area (TPSA) is 78.5 Å². The molecule has 0 saturated heterocycles. The Labute approximate surface area is 157 Å². The third-order valence-corrected chi connectivity index (χ3v) is 4.90. The first-order valence-electron chi connectivity index (χ1n) is 8.96. The number of carbonyl (C=O) groups is 1. The van der Waals surface area contributed by atoms with Crippen molar-refractivity contribution in [3.05, 3.63) is 65.4 Å². The van der Waals surface area contributed by atoms with Gasteiger partial charge in [-0.15, -0.1) is 0 Å².